The molecular formula is C16H19N3O6. The molecule has 134 valence electrons. The Bertz CT molecular complexity index is 806. The van der Waals surface area contributed by atoms with Crippen molar-refractivity contribution in [1.82, 2.24) is 9.55 Å². The van der Waals surface area contributed by atoms with Gasteiger partial charge in [0.15, 0.2) is 18.4 Å². The van der Waals surface area contributed by atoms with Crippen LogP contribution in [0.15, 0.2) is 11.0 Å². The van der Waals surface area contributed by atoms with Gasteiger partial charge in [0.2, 0.25) is 0 Å². The molecule has 9 nitrogen and oxygen atoms in total. The average Bonchev–Trinajstić information content (AvgIpc) is 2.78. The van der Waals surface area contributed by atoms with Gasteiger partial charge < -0.3 is 19.9 Å². The first-order valence-corrected chi connectivity index (χ1v) is 7.56. The summed E-state index contributed by atoms with van der Waals surface area (Å²) in [4.78, 5) is 38.8. The van der Waals surface area contributed by atoms with Crippen LogP contribution in [-0.2, 0) is 23.8 Å². The summed E-state index contributed by atoms with van der Waals surface area (Å²) in [5, 5.41) is 0. The molecule has 9 heteroatoms. The number of hydrogen-bond acceptors (Lipinski definition) is 8. The van der Waals surface area contributed by atoms with E-state index in [-0.39, 0.29) is 5.82 Å². The topological polar surface area (TPSA) is 123 Å². The highest BCUT2D eigenvalue weighted by Crippen LogP contribution is 2.33. The number of hydrogen-bond donors (Lipinski definition) is 1. The van der Waals surface area contributed by atoms with Gasteiger partial charge in [-0.2, -0.15) is 4.98 Å². The zero-order valence-electron chi connectivity index (χ0n) is 14.3. The highest BCUT2D eigenvalue weighted by molar-refractivity contribution is 5.67. The van der Waals surface area contributed by atoms with E-state index in [2.05, 4.69) is 16.8 Å². The number of ether oxygens (including phenoxy) is 3. The summed E-state index contributed by atoms with van der Waals surface area (Å²) >= 11 is 0. The quantitative estimate of drug-likeness (QED) is 0.596. The second kappa shape index (κ2) is 7.36. The molecule has 4 atom stereocenters. The minimum atomic E-state index is -1.03. The monoisotopic (exact) mass is 349 g/mol. The summed E-state index contributed by atoms with van der Waals surface area (Å²) in [6, 6.07) is 0. The zero-order chi connectivity index (χ0) is 18.7. The Morgan fingerprint density at radius 3 is 2.44 bits per heavy atom. The van der Waals surface area contributed by atoms with Crippen LogP contribution >= 0.6 is 0 Å². The van der Waals surface area contributed by atoms with Gasteiger partial charge in [-0.1, -0.05) is 5.92 Å². The third-order valence-corrected chi connectivity index (χ3v) is 3.54. The molecule has 1 aliphatic rings. The van der Waals surface area contributed by atoms with Crippen LogP contribution in [0.5, 0.6) is 0 Å². The number of anilines is 1. The van der Waals surface area contributed by atoms with Gasteiger partial charge in [-0.05, 0) is 13.8 Å². The Morgan fingerprint density at radius 1 is 1.28 bits per heavy atom. The van der Waals surface area contributed by atoms with E-state index in [4.69, 9.17) is 19.9 Å². The van der Waals surface area contributed by atoms with E-state index in [0.717, 1.165) is 4.57 Å². The van der Waals surface area contributed by atoms with E-state index in [0.29, 0.717) is 5.56 Å². The molecule has 0 aromatic carbocycles. The maximum Gasteiger partial charge on any atom is 0.351 e. The van der Waals surface area contributed by atoms with Crippen molar-refractivity contribution in [3.8, 4) is 11.8 Å². The maximum atomic E-state index is 12.2. The minimum absolute atomic E-state index is 0.0118. The van der Waals surface area contributed by atoms with Gasteiger partial charge in [-0.25, -0.2) is 4.79 Å². The lowest BCUT2D eigenvalue weighted by atomic mass is 10.1. The lowest BCUT2D eigenvalue weighted by molar-refractivity contribution is -0.165. The predicted molar refractivity (Wildman–Crippen MR) is 86.2 cm³/mol. The fourth-order valence-corrected chi connectivity index (χ4v) is 2.59. The Kier molecular flexibility index (Phi) is 5.44. The highest BCUT2D eigenvalue weighted by Gasteiger charge is 2.48. The number of carbonyl (C=O) groups is 2. The average molecular weight is 349 g/mol. The Hall–Kier alpha value is -2.86. The molecule has 0 saturated carbocycles. The molecule has 1 aromatic heterocycles. The van der Waals surface area contributed by atoms with Gasteiger partial charge in [-0.3, -0.25) is 14.2 Å². The van der Waals surface area contributed by atoms with Gasteiger partial charge in [0.1, 0.15) is 5.82 Å². The van der Waals surface area contributed by atoms with E-state index in [9.17, 15) is 14.4 Å². The normalized spacial score (nSPS) is 25.0. The summed E-state index contributed by atoms with van der Waals surface area (Å²) in [6.45, 7) is 5.70. The molecule has 1 aliphatic heterocycles. The number of rotatable bonds is 3. The first-order chi connectivity index (χ1) is 11.7. The minimum Gasteiger partial charge on any atom is -0.456 e. The van der Waals surface area contributed by atoms with Crippen LogP contribution < -0.4 is 11.4 Å². The van der Waals surface area contributed by atoms with Crippen molar-refractivity contribution >= 4 is 17.8 Å². The van der Waals surface area contributed by atoms with Crippen molar-refractivity contribution in [3.05, 3.63) is 22.2 Å². The maximum absolute atomic E-state index is 12.2. The van der Waals surface area contributed by atoms with Crippen LogP contribution in [0.3, 0.4) is 0 Å². The molecule has 0 spiro atoms. The van der Waals surface area contributed by atoms with Crippen molar-refractivity contribution in [1.29, 1.82) is 0 Å². The molecular weight excluding hydrogens is 330 g/mol. The fraction of sp³-hybridized carbons (Fsp3) is 0.500. The lowest BCUT2D eigenvalue weighted by Crippen LogP contribution is -2.40. The molecule has 0 amide bonds. The molecule has 1 aromatic rings. The summed E-state index contributed by atoms with van der Waals surface area (Å²) in [5.74, 6) is 4.23. The van der Waals surface area contributed by atoms with Gasteiger partial charge in [0.25, 0.3) is 0 Å². The molecule has 1 fully saturated rings. The molecule has 1 saturated heterocycles. The number of esters is 2. The van der Waals surface area contributed by atoms with Crippen LogP contribution in [0, 0.1) is 11.8 Å². The Morgan fingerprint density at radius 2 is 1.88 bits per heavy atom. The molecule has 2 heterocycles. The second-order valence-electron chi connectivity index (χ2n) is 5.48. The van der Waals surface area contributed by atoms with E-state index in [1.54, 1.807) is 13.8 Å². The van der Waals surface area contributed by atoms with Crippen molar-refractivity contribution < 1.29 is 23.8 Å². The SMILES string of the molecule is CC#Cc1cn([C@@H]2O[C@H](C)[C@@H](OC(C)=O)[C@H]2OC(C)=O)c(=O)nc1N. The fourth-order valence-electron chi connectivity index (χ4n) is 2.59. The number of nitrogens with zero attached hydrogens (tertiary/aromatic N) is 2. The van der Waals surface area contributed by atoms with Crippen molar-refractivity contribution in [2.75, 3.05) is 5.73 Å². The molecule has 25 heavy (non-hydrogen) atoms. The third-order valence-electron chi connectivity index (χ3n) is 3.54. The first-order valence-electron chi connectivity index (χ1n) is 7.56. The standard InChI is InChI=1S/C16H19N3O6/c1-5-6-11-7-19(16(22)18-14(11)17)15-13(25-10(4)21)12(8(2)23-15)24-9(3)20/h7-8,12-13,15H,1-4H3,(H2,17,18,22)/t8-,12-,13-,15-/m1/s1. The van der Waals surface area contributed by atoms with Crippen LogP contribution in [0.25, 0.3) is 0 Å². The largest absolute Gasteiger partial charge is 0.456 e. The summed E-state index contributed by atoms with van der Waals surface area (Å²) in [6.07, 6.45) is -2.13. The van der Waals surface area contributed by atoms with Gasteiger partial charge in [-0.15, -0.1) is 5.92 Å². The second-order valence-corrected chi connectivity index (χ2v) is 5.48. The van der Waals surface area contributed by atoms with Gasteiger partial charge >= 0.3 is 17.6 Å². The number of nitrogen functional groups attached to an aromatic ring is 1. The van der Waals surface area contributed by atoms with Gasteiger partial charge in [0.05, 0.1) is 11.7 Å². The van der Waals surface area contributed by atoms with Crippen molar-refractivity contribution in [3.63, 3.8) is 0 Å². The molecule has 0 bridgehead atoms. The van der Waals surface area contributed by atoms with Crippen LogP contribution in [0.1, 0.15) is 39.5 Å². The summed E-state index contributed by atoms with van der Waals surface area (Å²) in [5.41, 5.74) is 5.32. The lowest BCUT2D eigenvalue weighted by Gasteiger charge is -2.23. The van der Waals surface area contributed by atoms with Crippen molar-refractivity contribution in [2.24, 2.45) is 0 Å². The van der Waals surface area contributed by atoms with Crippen molar-refractivity contribution in [2.45, 2.75) is 52.2 Å². The Balaban J connectivity index is 2.50. The predicted octanol–water partition coefficient (Wildman–Crippen LogP) is -0.0224. The van der Waals surface area contributed by atoms with E-state index >= 15 is 0 Å². The number of aromatic nitrogens is 2. The van der Waals surface area contributed by atoms with E-state index in [1.807, 2.05) is 0 Å². The highest BCUT2D eigenvalue weighted by atomic mass is 16.6. The number of nitrogens with two attached hydrogens (primary N) is 1. The van der Waals surface area contributed by atoms with Crippen LogP contribution in [0.4, 0.5) is 5.82 Å². The van der Waals surface area contributed by atoms with Crippen LogP contribution in [0.2, 0.25) is 0 Å². The zero-order valence-corrected chi connectivity index (χ0v) is 14.3. The summed E-state index contributed by atoms with van der Waals surface area (Å²) < 4.78 is 17.3. The third kappa shape index (κ3) is 3.97. The Labute approximate surface area is 144 Å². The molecule has 2 rings (SSSR count). The molecule has 0 radical (unpaired) electrons. The van der Waals surface area contributed by atoms with Crippen LogP contribution in [-0.4, -0.2) is 39.8 Å². The number of carbonyl (C=O) groups excluding carboxylic acids is 2. The van der Waals surface area contributed by atoms with Gasteiger partial charge in [0, 0.05) is 20.0 Å². The van der Waals surface area contributed by atoms with E-state index in [1.165, 1.54) is 20.0 Å². The first kappa shape index (κ1) is 18.5. The smallest absolute Gasteiger partial charge is 0.351 e. The molecule has 0 unspecified atom stereocenters. The molecule has 2 N–H and O–H groups in total. The van der Waals surface area contributed by atoms with E-state index < -0.39 is 42.2 Å². The summed E-state index contributed by atoms with van der Waals surface area (Å²) in [7, 11) is 0. The molecule has 0 aliphatic carbocycles.